The molecule has 0 fully saturated rings. The van der Waals surface area contributed by atoms with E-state index >= 15 is 0 Å². The number of benzene rings is 1. The van der Waals surface area contributed by atoms with E-state index in [0.717, 1.165) is 4.47 Å². The van der Waals surface area contributed by atoms with E-state index in [0.29, 0.717) is 23.1 Å². The molecule has 1 amide bonds. The summed E-state index contributed by atoms with van der Waals surface area (Å²) in [5.41, 5.74) is 0.887. The largest absolute Gasteiger partial charge is 0.360 e. The Labute approximate surface area is 140 Å². The molecule has 2 heterocycles. The Bertz CT molecular complexity index is 832. The average molecular weight is 374 g/mol. The van der Waals surface area contributed by atoms with E-state index in [4.69, 9.17) is 4.52 Å². The SMILES string of the molecule is Cc1cc(Nc2cnc(C(=O)Nc3cccc(Br)c3)cn2)no1. The van der Waals surface area contributed by atoms with Gasteiger partial charge in [-0.05, 0) is 25.1 Å². The minimum Gasteiger partial charge on any atom is -0.360 e. The molecular formula is C15H12BrN5O2. The van der Waals surface area contributed by atoms with Crippen LogP contribution >= 0.6 is 15.9 Å². The zero-order chi connectivity index (χ0) is 16.2. The molecular weight excluding hydrogens is 362 g/mol. The summed E-state index contributed by atoms with van der Waals surface area (Å²) < 4.78 is 5.82. The van der Waals surface area contributed by atoms with E-state index in [2.05, 4.69) is 41.7 Å². The van der Waals surface area contributed by atoms with Gasteiger partial charge < -0.3 is 15.2 Å². The molecule has 116 valence electrons. The van der Waals surface area contributed by atoms with Gasteiger partial charge >= 0.3 is 0 Å². The number of halogens is 1. The van der Waals surface area contributed by atoms with Crippen molar-refractivity contribution in [3.8, 4) is 0 Å². The maximum Gasteiger partial charge on any atom is 0.275 e. The number of carbonyl (C=O) groups is 1. The van der Waals surface area contributed by atoms with Crippen LogP contribution in [0.25, 0.3) is 0 Å². The van der Waals surface area contributed by atoms with Gasteiger partial charge in [-0.2, -0.15) is 0 Å². The lowest BCUT2D eigenvalue weighted by Gasteiger charge is -2.05. The molecule has 0 spiro atoms. The van der Waals surface area contributed by atoms with Gasteiger partial charge in [0.2, 0.25) is 0 Å². The molecule has 23 heavy (non-hydrogen) atoms. The highest BCUT2D eigenvalue weighted by molar-refractivity contribution is 9.10. The van der Waals surface area contributed by atoms with Crippen LogP contribution in [0.3, 0.4) is 0 Å². The number of hydrogen-bond acceptors (Lipinski definition) is 6. The van der Waals surface area contributed by atoms with Crippen LogP contribution in [0.15, 0.2) is 51.7 Å². The molecule has 0 saturated heterocycles. The molecule has 3 rings (SSSR count). The van der Waals surface area contributed by atoms with Crippen molar-refractivity contribution in [1.82, 2.24) is 15.1 Å². The smallest absolute Gasteiger partial charge is 0.275 e. The summed E-state index contributed by atoms with van der Waals surface area (Å²) in [6.45, 7) is 1.79. The monoisotopic (exact) mass is 373 g/mol. The van der Waals surface area contributed by atoms with Crippen LogP contribution in [0, 0.1) is 6.92 Å². The average Bonchev–Trinajstić information content (AvgIpc) is 2.93. The second-order valence-corrected chi connectivity index (χ2v) is 5.61. The quantitative estimate of drug-likeness (QED) is 0.726. The third-order valence-corrected chi connectivity index (χ3v) is 3.34. The van der Waals surface area contributed by atoms with Gasteiger partial charge in [0.1, 0.15) is 17.3 Å². The lowest BCUT2D eigenvalue weighted by Crippen LogP contribution is -2.14. The van der Waals surface area contributed by atoms with Crippen LogP contribution in [0.5, 0.6) is 0 Å². The minimum absolute atomic E-state index is 0.215. The van der Waals surface area contributed by atoms with Crippen molar-refractivity contribution in [2.75, 3.05) is 10.6 Å². The number of nitrogens with zero attached hydrogens (tertiary/aromatic N) is 3. The van der Waals surface area contributed by atoms with E-state index in [1.165, 1.54) is 12.4 Å². The number of nitrogens with one attached hydrogen (secondary N) is 2. The summed E-state index contributed by atoms with van der Waals surface area (Å²) in [7, 11) is 0. The van der Waals surface area contributed by atoms with Crippen LogP contribution in [0.1, 0.15) is 16.2 Å². The molecule has 0 saturated carbocycles. The summed E-state index contributed by atoms with van der Waals surface area (Å²) in [6.07, 6.45) is 2.85. The van der Waals surface area contributed by atoms with E-state index in [-0.39, 0.29) is 11.6 Å². The molecule has 7 nitrogen and oxygen atoms in total. The van der Waals surface area contributed by atoms with Crippen molar-refractivity contribution >= 4 is 39.2 Å². The lowest BCUT2D eigenvalue weighted by atomic mass is 10.3. The van der Waals surface area contributed by atoms with E-state index < -0.39 is 0 Å². The first kappa shape index (κ1) is 15.2. The zero-order valence-electron chi connectivity index (χ0n) is 12.1. The van der Waals surface area contributed by atoms with Crippen molar-refractivity contribution < 1.29 is 9.32 Å². The normalized spacial score (nSPS) is 10.3. The highest BCUT2D eigenvalue weighted by Gasteiger charge is 2.09. The summed E-state index contributed by atoms with van der Waals surface area (Å²) in [6, 6.07) is 9.03. The maximum absolute atomic E-state index is 12.1. The fourth-order valence-corrected chi connectivity index (χ4v) is 2.23. The Morgan fingerprint density at radius 3 is 2.70 bits per heavy atom. The number of amides is 1. The number of aromatic nitrogens is 3. The standard InChI is InChI=1S/C15H12BrN5O2/c1-9-5-13(21-23-9)20-14-8-17-12(7-18-14)15(22)19-11-4-2-3-10(16)6-11/h2-8H,1H3,(H,19,22)(H,18,20,21). The first-order valence-corrected chi connectivity index (χ1v) is 7.49. The Hall–Kier alpha value is -2.74. The topological polar surface area (TPSA) is 92.9 Å². The summed E-state index contributed by atoms with van der Waals surface area (Å²) in [5, 5.41) is 9.48. The van der Waals surface area contributed by atoms with Gasteiger partial charge in [0.15, 0.2) is 5.82 Å². The fraction of sp³-hybridized carbons (Fsp3) is 0.0667. The van der Waals surface area contributed by atoms with Crippen molar-refractivity contribution in [1.29, 1.82) is 0 Å². The number of carbonyl (C=O) groups excluding carboxylic acids is 1. The lowest BCUT2D eigenvalue weighted by molar-refractivity contribution is 0.102. The van der Waals surface area contributed by atoms with E-state index in [1.54, 1.807) is 25.1 Å². The van der Waals surface area contributed by atoms with E-state index in [9.17, 15) is 4.79 Å². The summed E-state index contributed by atoms with van der Waals surface area (Å²) in [4.78, 5) is 20.4. The highest BCUT2D eigenvalue weighted by atomic mass is 79.9. The molecule has 0 bridgehead atoms. The maximum atomic E-state index is 12.1. The van der Waals surface area contributed by atoms with Crippen molar-refractivity contribution in [2.45, 2.75) is 6.92 Å². The van der Waals surface area contributed by atoms with Gasteiger partial charge in [-0.1, -0.05) is 27.2 Å². The highest BCUT2D eigenvalue weighted by Crippen LogP contribution is 2.17. The van der Waals surface area contributed by atoms with Crippen LogP contribution in [0.2, 0.25) is 0 Å². The Morgan fingerprint density at radius 2 is 2.04 bits per heavy atom. The fourth-order valence-electron chi connectivity index (χ4n) is 1.83. The summed E-state index contributed by atoms with van der Waals surface area (Å²) in [5.74, 6) is 1.35. The molecule has 0 radical (unpaired) electrons. The zero-order valence-corrected chi connectivity index (χ0v) is 13.7. The van der Waals surface area contributed by atoms with Gasteiger partial charge in [-0.15, -0.1) is 0 Å². The van der Waals surface area contributed by atoms with Crippen LogP contribution < -0.4 is 10.6 Å². The Morgan fingerprint density at radius 1 is 1.17 bits per heavy atom. The number of aryl methyl sites for hydroxylation is 1. The molecule has 0 aliphatic heterocycles. The third kappa shape index (κ3) is 3.92. The van der Waals surface area contributed by atoms with Gasteiger partial charge in [0.05, 0.1) is 12.4 Å². The van der Waals surface area contributed by atoms with Crippen LogP contribution in [-0.4, -0.2) is 21.0 Å². The van der Waals surface area contributed by atoms with Gasteiger partial charge in [-0.3, -0.25) is 4.79 Å². The van der Waals surface area contributed by atoms with Crippen LogP contribution in [0.4, 0.5) is 17.3 Å². The molecule has 2 aromatic heterocycles. The Kier molecular flexibility index (Phi) is 4.33. The molecule has 0 aliphatic carbocycles. The predicted octanol–water partition coefficient (Wildman–Crippen LogP) is 3.53. The molecule has 0 unspecified atom stereocenters. The van der Waals surface area contributed by atoms with E-state index in [1.807, 2.05) is 12.1 Å². The number of hydrogen-bond donors (Lipinski definition) is 2. The third-order valence-electron chi connectivity index (χ3n) is 2.85. The Balaban J connectivity index is 1.67. The first-order valence-electron chi connectivity index (χ1n) is 6.69. The molecule has 8 heteroatoms. The predicted molar refractivity (Wildman–Crippen MR) is 88.6 cm³/mol. The van der Waals surface area contributed by atoms with Gasteiger partial charge in [0.25, 0.3) is 5.91 Å². The van der Waals surface area contributed by atoms with Gasteiger partial charge in [-0.25, -0.2) is 9.97 Å². The summed E-state index contributed by atoms with van der Waals surface area (Å²) >= 11 is 3.35. The molecule has 1 aromatic carbocycles. The molecule has 0 aliphatic rings. The second kappa shape index (κ2) is 6.57. The molecule has 3 aromatic rings. The number of rotatable bonds is 4. The van der Waals surface area contributed by atoms with Gasteiger partial charge in [0, 0.05) is 16.2 Å². The second-order valence-electron chi connectivity index (χ2n) is 4.70. The molecule has 2 N–H and O–H groups in total. The molecule has 0 atom stereocenters. The van der Waals surface area contributed by atoms with Crippen molar-refractivity contribution in [3.05, 3.63) is 58.7 Å². The van der Waals surface area contributed by atoms with Crippen molar-refractivity contribution in [3.63, 3.8) is 0 Å². The minimum atomic E-state index is -0.334. The number of anilines is 3. The van der Waals surface area contributed by atoms with Crippen LogP contribution in [-0.2, 0) is 0 Å². The first-order chi connectivity index (χ1) is 11.1. The van der Waals surface area contributed by atoms with Crippen molar-refractivity contribution in [2.24, 2.45) is 0 Å².